The fourth-order valence-electron chi connectivity index (χ4n) is 7.29. The van der Waals surface area contributed by atoms with Gasteiger partial charge in [-0.15, -0.1) is 0 Å². The van der Waals surface area contributed by atoms with Crippen LogP contribution in [0.1, 0.15) is 105 Å². The second kappa shape index (κ2) is 14.4. The molecule has 1 aromatic carbocycles. The van der Waals surface area contributed by atoms with Crippen LogP contribution in [-0.2, 0) is 20.9 Å². The van der Waals surface area contributed by atoms with Crippen molar-refractivity contribution in [2.75, 3.05) is 32.0 Å². The maximum Gasteiger partial charge on any atom is 0.265 e. The number of hydrogen-bond donors (Lipinski definition) is 2. The summed E-state index contributed by atoms with van der Waals surface area (Å²) in [7, 11) is -3.43. The third-order valence-corrected chi connectivity index (χ3v) is 16.4. The molecular weight excluding hydrogens is 710 g/mol. The number of anilines is 1. The average molecular weight is 762 g/mol. The number of nitrogens with one attached hydrogen (secondary N) is 1. The Bertz CT molecular complexity index is 1900. The molecule has 4 atom stereocenters. The van der Waals surface area contributed by atoms with E-state index >= 15 is 9.18 Å². The fraction of sp³-hybridized carbons (Fsp3) is 0.595. The number of benzene rings is 1. The Labute approximate surface area is 306 Å². The monoisotopic (exact) mass is 761 g/mol. The summed E-state index contributed by atoms with van der Waals surface area (Å²) in [5.41, 5.74) is -2.54. The number of halogens is 1. The maximum atomic E-state index is 16.1. The van der Waals surface area contributed by atoms with E-state index in [0.717, 1.165) is 18.9 Å². The van der Waals surface area contributed by atoms with Gasteiger partial charge in [-0.2, -0.15) is 0 Å². The zero-order valence-electron chi connectivity index (χ0n) is 31.6. The fourth-order valence-corrected chi connectivity index (χ4v) is 9.29. The van der Waals surface area contributed by atoms with Crippen LogP contribution in [0, 0.1) is 17.7 Å². The summed E-state index contributed by atoms with van der Waals surface area (Å²) in [6.45, 7) is 17.6. The van der Waals surface area contributed by atoms with Gasteiger partial charge < -0.3 is 23.5 Å². The molecule has 1 heterocycles. The summed E-state index contributed by atoms with van der Waals surface area (Å²) in [5, 5.41) is 17.2. The Hall–Kier alpha value is -3.53. The van der Waals surface area contributed by atoms with E-state index in [0.29, 0.717) is 18.2 Å². The number of aliphatic hydroxyl groups is 1. The molecule has 15 heteroatoms. The Morgan fingerprint density at radius 3 is 2.37 bits per heavy atom. The first kappa shape index (κ1) is 39.7. The van der Waals surface area contributed by atoms with E-state index in [1.807, 2.05) is 66.7 Å². The first-order chi connectivity index (χ1) is 24.3. The second-order valence-corrected chi connectivity index (χ2v) is 22.1. The van der Waals surface area contributed by atoms with Gasteiger partial charge in [-0.1, -0.05) is 54.0 Å². The van der Waals surface area contributed by atoms with E-state index in [9.17, 15) is 18.3 Å². The second-order valence-electron chi connectivity index (χ2n) is 15.7. The van der Waals surface area contributed by atoms with Crippen LogP contribution in [0.2, 0.25) is 18.1 Å². The topological polar surface area (TPSA) is 158 Å². The zero-order chi connectivity index (χ0) is 38.6. The van der Waals surface area contributed by atoms with E-state index in [1.165, 1.54) is 0 Å². The molecule has 2 aromatic rings. The molecule has 286 valence electrons. The SMILES string of the molecule is C=CS(=O)(=O)Nc1cc(F)c2c(c1OCCCC)C(=O)C1=C(O)[C@]3(O[Si](C)(C)C(C)(C)C)C(=O)c4c(OCCCC)noc4[C@@H](N(C)C)[C@@H]3C[C@@H]1C2. The summed E-state index contributed by atoms with van der Waals surface area (Å²) in [6, 6.07) is 0.354. The molecule has 0 radical (unpaired) electrons. The molecule has 5 rings (SSSR count). The Kier molecular flexibility index (Phi) is 11.0. The van der Waals surface area contributed by atoms with Gasteiger partial charge in [-0.3, -0.25) is 19.2 Å². The van der Waals surface area contributed by atoms with Gasteiger partial charge in [0.25, 0.3) is 15.9 Å². The van der Waals surface area contributed by atoms with Crippen molar-refractivity contribution in [2.45, 2.75) is 103 Å². The number of aliphatic hydroxyl groups excluding tert-OH is 1. The molecule has 2 N–H and O–H groups in total. The number of Topliss-reactive ketones (excluding diaryl/α,β-unsaturated/α-hetero) is 2. The molecule has 0 saturated carbocycles. The Balaban J connectivity index is 1.81. The number of carbonyl (C=O) groups is 2. The van der Waals surface area contributed by atoms with E-state index < -0.39 is 70.0 Å². The van der Waals surface area contributed by atoms with Gasteiger partial charge in [0.15, 0.2) is 31.2 Å². The molecule has 0 bridgehead atoms. The quantitative estimate of drug-likeness (QED) is 0.145. The highest BCUT2D eigenvalue weighted by molar-refractivity contribution is 7.95. The van der Waals surface area contributed by atoms with Crippen molar-refractivity contribution in [3.8, 4) is 11.6 Å². The van der Waals surface area contributed by atoms with Crippen LogP contribution in [0.5, 0.6) is 11.6 Å². The molecule has 0 spiro atoms. The first-order valence-corrected chi connectivity index (χ1v) is 22.4. The summed E-state index contributed by atoms with van der Waals surface area (Å²) < 4.78 is 68.6. The van der Waals surface area contributed by atoms with Gasteiger partial charge in [-0.05, 0) is 69.0 Å². The molecular formula is C37H52FN3O9SSi. The molecule has 0 aliphatic heterocycles. The lowest BCUT2D eigenvalue weighted by Gasteiger charge is -2.55. The maximum absolute atomic E-state index is 16.1. The Morgan fingerprint density at radius 2 is 1.79 bits per heavy atom. The first-order valence-electron chi connectivity index (χ1n) is 17.9. The van der Waals surface area contributed by atoms with Crippen LogP contribution in [-0.4, -0.2) is 76.4 Å². The molecule has 12 nitrogen and oxygen atoms in total. The van der Waals surface area contributed by atoms with Gasteiger partial charge in [0.1, 0.15) is 17.1 Å². The standard InChI is InChI=1S/C37H52FN3O9SSi/c1-11-14-16-47-31-25(40-51(45,46)13-3)20-24(38)22-18-21-19-23-29(41(7)8)32-28(35(39-49-32)48-17-15-12-2)34(44)37(23,50-52(9,10)36(4,5)6)33(43)26(21)30(42)27(22)31/h13,20-21,23,29,40,43H,3,11-12,14-19H2,1-2,4-10H3/t21-,23-,29-,37-/m0/s1. The number of fused-ring (bicyclic) bond motifs is 4. The van der Waals surface area contributed by atoms with Crippen molar-refractivity contribution >= 4 is 35.6 Å². The molecule has 0 fully saturated rings. The number of ketones is 2. The number of nitrogens with zero attached hydrogens (tertiary/aromatic N) is 2. The molecule has 3 aliphatic carbocycles. The number of carbonyl (C=O) groups excluding carboxylic acids is 2. The lowest BCUT2D eigenvalue weighted by Crippen LogP contribution is -2.65. The van der Waals surface area contributed by atoms with Gasteiger partial charge in [0.05, 0.1) is 30.5 Å². The average Bonchev–Trinajstić information content (AvgIpc) is 3.46. The highest BCUT2D eigenvalue weighted by Crippen LogP contribution is 2.60. The molecule has 0 saturated heterocycles. The lowest BCUT2D eigenvalue weighted by atomic mass is 9.58. The van der Waals surface area contributed by atoms with E-state index in [-0.39, 0.29) is 71.4 Å². The normalized spacial score (nSPS) is 23.2. The summed E-state index contributed by atoms with van der Waals surface area (Å²) in [4.78, 5) is 32.0. The van der Waals surface area contributed by atoms with E-state index in [2.05, 4.69) is 16.5 Å². The number of sulfonamides is 1. The lowest BCUT2D eigenvalue weighted by molar-refractivity contribution is -0.0481. The zero-order valence-corrected chi connectivity index (χ0v) is 33.5. The van der Waals surface area contributed by atoms with Crippen molar-refractivity contribution in [3.63, 3.8) is 0 Å². The molecule has 52 heavy (non-hydrogen) atoms. The third kappa shape index (κ3) is 6.62. The number of hydrogen-bond acceptors (Lipinski definition) is 11. The smallest absolute Gasteiger partial charge is 0.265 e. The summed E-state index contributed by atoms with van der Waals surface area (Å²) in [6.07, 6.45) is 2.97. The summed E-state index contributed by atoms with van der Waals surface area (Å²) >= 11 is 0. The largest absolute Gasteiger partial charge is 0.508 e. The minimum Gasteiger partial charge on any atom is -0.508 e. The van der Waals surface area contributed by atoms with Crippen LogP contribution in [0.25, 0.3) is 0 Å². The van der Waals surface area contributed by atoms with Gasteiger partial charge in [0, 0.05) is 28.5 Å². The van der Waals surface area contributed by atoms with E-state index in [4.69, 9.17) is 18.4 Å². The van der Waals surface area contributed by atoms with Gasteiger partial charge in [-0.25, -0.2) is 12.8 Å². The summed E-state index contributed by atoms with van der Waals surface area (Å²) in [5.74, 6) is -4.15. The molecule has 0 unspecified atom stereocenters. The molecule has 0 amide bonds. The van der Waals surface area contributed by atoms with Crippen LogP contribution < -0.4 is 14.2 Å². The minimum atomic E-state index is -4.13. The number of aromatic nitrogens is 1. The minimum absolute atomic E-state index is 0.00924. The highest BCUT2D eigenvalue weighted by Gasteiger charge is 2.67. The van der Waals surface area contributed by atoms with Crippen LogP contribution in [0.4, 0.5) is 10.1 Å². The Morgan fingerprint density at radius 1 is 1.15 bits per heavy atom. The highest BCUT2D eigenvalue weighted by atomic mass is 32.2. The van der Waals surface area contributed by atoms with Crippen molar-refractivity contribution < 1.29 is 45.9 Å². The number of unbranched alkanes of at least 4 members (excludes halogenated alkanes) is 2. The van der Waals surface area contributed by atoms with Crippen molar-refractivity contribution in [1.82, 2.24) is 10.1 Å². The van der Waals surface area contributed by atoms with Gasteiger partial charge >= 0.3 is 0 Å². The number of rotatable bonds is 14. The molecule has 1 aromatic heterocycles. The van der Waals surface area contributed by atoms with Gasteiger partial charge in [0.2, 0.25) is 5.78 Å². The van der Waals surface area contributed by atoms with Crippen LogP contribution in [0.3, 0.4) is 0 Å². The van der Waals surface area contributed by atoms with Crippen molar-refractivity contribution in [3.05, 3.63) is 57.7 Å². The number of ether oxygens (including phenoxy) is 2. The third-order valence-electron chi connectivity index (χ3n) is 11.0. The molecule has 3 aliphatic rings. The predicted molar refractivity (Wildman–Crippen MR) is 198 cm³/mol. The van der Waals surface area contributed by atoms with Crippen LogP contribution >= 0.6 is 0 Å². The van der Waals surface area contributed by atoms with Crippen molar-refractivity contribution in [1.29, 1.82) is 0 Å². The number of allylic oxidation sites excluding steroid dienone is 1. The van der Waals surface area contributed by atoms with Crippen molar-refractivity contribution in [2.24, 2.45) is 11.8 Å². The van der Waals surface area contributed by atoms with Crippen LogP contribution in [0.15, 0.2) is 33.9 Å². The van der Waals surface area contributed by atoms with E-state index in [1.54, 1.807) is 0 Å². The predicted octanol–water partition coefficient (Wildman–Crippen LogP) is 7.50.